The number of rotatable bonds is 6. The SMILES string of the molecule is CC(C)C1=Cc2c(-c3c4ccccc4cc4ccccc34)cccc2[CH]1[Hf+2]1([CH]2C(C(C)C)=Cc3c(-c4c5ccccc5cc5ccccc45)cccc32)[CH2]C[CH2]1.[Cl-].[Cl-]. The van der Waals surface area contributed by atoms with Crippen LogP contribution in [0.15, 0.2) is 157 Å². The van der Waals surface area contributed by atoms with Gasteiger partial charge in [-0.1, -0.05) is 0 Å². The van der Waals surface area contributed by atoms with Crippen molar-refractivity contribution in [2.75, 3.05) is 0 Å². The van der Waals surface area contributed by atoms with Crippen LogP contribution in [0.4, 0.5) is 0 Å². The second-order valence-electron chi connectivity index (χ2n) is 17.6. The van der Waals surface area contributed by atoms with E-state index in [1.807, 2.05) is 0 Å². The number of hydrogen-bond acceptors (Lipinski definition) is 0. The topological polar surface area (TPSA) is 0 Å². The van der Waals surface area contributed by atoms with E-state index in [0.29, 0.717) is 19.2 Å². The Labute approximate surface area is 360 Å². The van der Waals surface area contributed by atoms with E-state index < -0.39 is 20.0 Å². The minimum atomic E-state index is -3.32. The first-order chi connectivity index (χ1) is 27.4. The van der Waals surface area contributed by atoms with Crippen LogP contribution in [0.1, 0.15) is 63.7 Å². The molecule has 8 aromatic rings. The fraction of sp³-hybridized carbons (Fsp3) is 0.200. The van der Waals surface area contributed by atoms with Crippen LogP contribution in [0.3, 0.4) is 0 Å². The van der Waals surface area contributed by atoms with Crippen molar-refractivity contribution in [1.82, 2.24) is 0 Å². The molecule has 2 atom stereocenters. The Balaban J connectivity index is 0.00000218. The molecule has 1 heterocycles. The molecule has 1 fully saturated rings. The van der Waals surface area contributed by atoms with Crippen molar-refractivity contribution in [3.05, 3.63) is 179 Å². The van der Waals surface area contributed by atoms with Gasteiger partial charge in [-0.15, -0.1) is 0 Å². The van der Waals surface area contributed by atoms with Crippen molar-refractivity contribution < 1.29 is 44.8 Å². The molecule has 0 aromatic heterocycles. The number of hydrogen-bond donors (Lipinski definition) is 0. The zero-order valence-electron chi connectivity index (χ0n) is 33.7. The molecule has 3 heteroatoms. The zero-order valence-corrected chi connectivity index (χ0v) is 38.8. The minimum absolute atomic E-state index is 0. The van der Waals surface area contributed by atoms with Gasteiger partial charge in [0.1, 0.15) is 0 Å². The van der Waals surface area contributed by atoms with Crippen molar-refractivity contribution in [3.8, 4) is 22.3 Å². The molecule has 58 heavy (non-hydrogen) atoms. The summed E-state index contributed by atoms with van der Waals surface area (Å²) in [5, 5.41) is 10.7. The summed E-state index contributed by atoms with van der Waals surface area (Å²) in [6, 6.07) is 55.7. The fourth-order valence-corrected chi connectivity index (χ4v) is 35.1. The molecule has 8 aromatic carbocycles. The number of halogens is 2. The summed E-state index contributed by atoms with van der Waals surface area (Å²) in [7, 11) is 0. The third-order valence-electron chi connectivity index (χ3n) is 14.0. The summed E-state index contributed by atoms with van der Waals surface area (Å²) in [5.41, 5.74) is 15.3. The second kappa shape index (κ2) is 15.1. The van der Waals surface area contributed by atoms with Gasteiger partial charge in [0.05, 0.1) is 0 Å². The van der Waals surface area contributed by atoms with Crippen molar-refractivity contribution in [3.63, 3.8) is 0 Å². The minimum Gasteiger partial charge on any atom is -1.00 e. The van der Waals surface area contributed by atoms with Gasteiger partial charge in [0.15, 0.2) is 0 Å². The van der Waals surface area contributed by atoms with Crippen LogP contribution in [0, 0.1) is 11.8 Å². The molecular formula is C55H48Cl2Hf. The summed E-state index contributed by atoms with van der Waals surface area (Å²) in [6.45, 7) is 9.90. The van der Waals surface area contributed by atoms with Gasteiger partial charge < -0.3 is 24.8 Å². The number of fused-ring (bicyclic) bond motifs is 6. The van der Waals surface area contributed by atoms with Crippen LogP contribution in [-0.4, -0.2) is 0 Å². The Hall–Kier alpha value is -4.27. The van der Waals surface area contributed by atoms with Crippen molar-refractivity contribution in [1.29, 1.82) is 0 Å². The molecule has 1 aliphatic heterocycles. The van der Waals surface area contributed by atoms with E-state index >= 15 is 0 Å². The Morgan fingerprint density at radius 1 is 0.431 bits per heavy atom. The van der Waals surface area contributed by atoms with E-state index in [1.165, 1.54) is 91.2 Å². The van der Waals surface area contributed by atoms with Crippen LogP contribution in [0.25, 0.3) is 77.5 Å². The Bertz CT molecular complexity index is 2670. The fourth-order valence-electron chi connectivity index (χ4n) is 11.5. The van der Waals surface area contributed by atoms with Gasteiger partial charge >= 0.3 is 338 Å². The van der Waals surface area contributed by atoms with E-state index in [9.17, 15) is 0 Å². The average molecular weight is 958 g/mol. The molecule has 0 amide bonds. The molecule has 0 saturated carbocycles. The summed E-state index contributed by atoms with van der Waals surface area (Å²) < 4.78 is 4.12. The molecule has 0 radical (unpaired) electrons. The second-order valence-corrected chi connectivity index (χ2v) is 34.2. The summed E-state index contributed by atoms with van der Waals surface area (Å²) in [6.07, 6.45) is 6.78. The van der Waals surface area contributed by atoms with Crippen LogP contribution in [-0.2, 0) is 20.0 Å². The maximum absolute atomic E-state index is 3.32. The van der Waals surface area contributed by atoms with Gasteiger partial charge in [0, 0.05) is 0 Å². The predicted molar refractivity (Wildman–Crippen MR) is 239 cm³/mol. The van der Waals surface area contributed by atoms with E-state index in [4.69, 9.17) is 0 Å². The van der Waals surface area contributed by atoms with Crippen LogP contribution in [0.5, 0.6) is 0 Å². The number of benzene rings is 8. The smallest absolute Gasteiger partial charge is 1.00 e. The predicted octanol–water partition coefficient (Wildman–Crippen LogP) is 9.92. The largest absolute Gasteiger partial charge is 1.00 e. The zero-order chi connectivity index (χ0) is 37.7. The van der Waals surface area contributed by atoms with E-state index in [-0.39, 0.29) is 24.8 Å². The Morgan fingerprint density at radius 2 is 0.776 bits per heavy atom. The molecule has 0 nitrogen and oxygen atoms in total. The Kier molecular flexibility index (Phi) is 10.2. The number of allylic oxidation sites excluding steroid dienone is 2. The normalized spacial score (nSPS) is 17.3. The monoisotopic (exact) mass is 958 g/mol. The summed E-state index contributed by atoms with van der Waals surface area (Å²) in [5.74, 6) is 1.01. The average Bonchev–Trinajstić information content (AvgIpc) is 3.80. The van der Waals surface area contributed by atoms with E-state index in [0.717, 1.165) is 0 Å². The molecule has 286 valence electrons. The first kappa shape index (κ1) is 39.2. The van der Waals surface area contributed by atoms with Crippen molar-refractivity contribution >= 4 is 55.2 Å². The molecule has 2 aliphatic carbocycles. The van der Waals surface area contributed by atoms with E-state index in [2.05, 4.69) is 185 Å². The first-order valence-corrected chi connectivity index (χ1v) is 30.2. The van der Waals surface area contributed by atoms with Gasteiger partial charge in [-0.25, -0.2) is 0 Å². The van der Waals surface area contributed by atoms with Gasteiger partial charge in [0.25, 0.3) is 0 Å². The van der Waals surface area contributed by atoms with Crippen LogP contribution >= 0.6 is 0 Å². The molecule has 0 bridgehead atoms. The maximum Gasteiger partial charge on any atom is -1.00 e. The van der Waals surface area contributed by atoms with Gasteiger partial charge in [-0.3, -0.25) is 0 Å². The molecule has 0 spiro atoms. The molecule has 2 unspecified atom stereocenters. The molecule has 3 aliphatic rings. The molecule has 11 rings (SSSR count). The van der Waals surface area contributed by atoms with Crippen molar-refractivity contribution in [2.24, 2.45) is 11.8 Å². The summed E-state index contributed by atoms with van der Waals surface area (Å²) in [4.78, 5) is 0. The molecular weight excluding hydrogens is 910 g/mol. The maximum atomic E-state index is 2.70. The quantitative estimate of drug-likeness (QED) is 0.115. The van der Waals surface area contributed by atoms with Crippen LogP contribution < -0.4 is 24.8 Å². The van der Waals surface area contributed by atoms with E-state index in [1.54, 1.807) is 22.3 Å². The third kappa shape index (κ3) is 5.78. The first-order valence-electron chi connectivity index (χ1n) is 20.9. The van der Waals surface area contributed by atoms with Crippen molar-refractivity contribution in [2.45, 2.75) is 49.8 Å². The summed E-state index contributed by atoms with van der Waals surface area (Å²) >= 11 is -3.32. The van der Waals surface area contributed by atoms with Gasteiger partial charge in [-0.2, -0.15) is 0 Å². The Morgan fingerprint density at radius 3 is 1.09 bits per heavy atom. The molecule has 1 saturated heterocycles. The van der Waals surface area contributed by atoms with Gasteiger partial charge in [0.2, 0.25) is 0 Å². The third-order valence-corrected chi connectivity index (χ3v) is 36.2. The van der Waals surface area contributed by atoms with Gasteiger partial charge in [-0.05, 0) is 0 Å². The standard InChI is InChI=1S/2C26H21.C3H6.2ClH.Hf/c2*1-17(2)21-15-20-10-7-13-24(25(20)16-21)26-22-11-5-3-8-18(22)14-19-9-4-6-12-23(19)26;1-3-2;;;/h2*3-17H,1-2H3;1-3H2;2*1H;/q;;;;;+2/p-2. The van der Waals surface area contributed by atoms with Crippen LogP contribution in [0.2, 0.25) is 8.35 Å². The molecule has 0 N–H and O–H groups in total.